The molecule has 5 nitrogen and oxygen atoms in total. The lowest BCUT2D eigenvalue weighted by Crippen LogP contribution is -2.47. The van der Waals surface area contributed by atoms with E-state index >= 15 is 0 Å². The van der Waals surface area contributed by atoms with Crippen molar-refractivity contribution in [3.63, 3.8) is 0 Å². The van der Waals surface area contributed by atoms with E-state index in [0.717, 1.165) is 52.6 Å². The molecule has 5 heteroatoms. The second-order valence-electron chi connectivity index (χ2n) is 8.46. The Balaban J connectivity index is 1.48. The molecule has 0 saturated carbocycles. The second kappa shape index (κ2) is 7.03. The maximum absolute atomic E-state index is 6.45. The van der Waals surface area contributed by atoms with Gasteiger partial charge in [0.05, 0.1) is 18.5 Å². The average Bonchev–Trinajstić information content (AvgIpc) is 3.14. The van der Waals surface area contributed by atoms with Gasteiger partial charge in [0.1, 0.15) is 0 Å². The maximum atomic E-state index is 6.45. The standard InChI is InChI=1S/C25H25N3O2/c1-29-23-4-2-3-22-25(23)30-24-13-17(16-9-11-26-12-10-16)5-8-21(24)28(22)20-14-18-6-7-19(15-20)27-18/h2-5,8-13,18-20,27H,6-7,14-15H2,1H3/t18-,19+,20+. The van der Waals surface area contributed by atoms with E-state index in [1.165, 1.54) is 12.8 Å². The predicted octanol–water partition coefficient (Wildman–Crippen LogP) is 5.28. The fraction of sp³-hybridized carbons (Fsp3) is 0.320. The van der Waals surface area contributed by atoms with Gasteiger partial charge < -0.3 is 19.7 Å². The number of piperidine rings is 1. The van der Waals surface area contributed by atoms with Crippen LogP contribution in [0.4, 0.5) is 11.4 Å². The number of pyridine rings is 1. The number of hydrogen-bond acceptors (Lipinski definition) is 5. The minimum absolute atomic E-state index is 0.448. The fourth-order valence-electron chi connectivity index (χ4n) is 5.35. The monoisotopic (exact) mass is 399 g/mol. The molecule has 3 atom stereocenters. The van der Waals surface area contributed by atoms with Crippen molar-refractivity contribution in [2.45, 2.75) is 43.8 Å². The van der Waals surface area contributed by atoms with Crippen LogP contribution in [0.5, 0.6) is 17.2 Å². The molecule has 4 heterocycles. The second-order valence-corrected chi connectivity index (χ2v) is 8.46. The number of benzene rings is 2. The fourth-order valence-corrected chi connectivity index (χ4v) is 5.35. The summed E-state index contributed by atoms with van der Waals surface area (Å²) in [6, 6.07) is 18.5. The van der Waals surface area contributed by atoms with Crippen molar-refractivity contribution in [2.75, 3.05) is 12.0 Å². The van der Waals surface area contributed by atoms with Gasteiger partial charge in [0.15, 0.2) is 17.2 Å². The molecule has 0 amide bonds. The maximum Gasteiger partial charge on any atom is 0.192 e. The average molecular weight is 399 g/mol. The van der Waals surface area contributed by atoms with Gasteiger partial charge in [-0.15, -0.1) is 0 Å². The number of aromatic nitrogens is 1. The van der Waals surface area contributed by atoms with Crippen molar-refractivity contribution < 1.29 is 9.47 Å². The van der Waals surface area contributed by atoms with Crippen LogP contribution < -0.4 is 19.7 Å². The van der Waals surface area contributed by atoms with Gasteiger partial charge in [-0.2, -0.15) is 0 Å². The molecule has 2 aromatic carbocycles. The zero-order valence-electron chi connectivity index (χ0n) is 17.0. The van der Waals surface area contributed by atoms with Crippen LogP contribution in [-0.4, -0.2) is 30.2 Å². The Bertz CT molecular complexity index is 1070. The van der Waals surface area contributed by atoms with Gasteiger partial charge in [-0.25, -0.2) is 0 Å². The van der Waals surface area contributed by atoms with Crippen molar-refractivity contribution in [1.82, 2.24) is 10.3 Å². The molecule has 2 saturated heterocycles. The lowest BCUT2D eigenvalue weighted by atomic mass is 9.95. The Morgan fingerprint density at radius 3 is 2.53 bits per heavy atom. The summed E-state index contributed by atoms with van der Waals surface area (Å²) >= 11 is 0. The molecule has 1 N–H and O–H groups in total. The van der Waals surface area contributed by atoms with Gasteiger partial charge in [0, 0.05) is 30.5 Å². The van der Waals surface area contributed by atoms with E-state index in [4.69, 9.17) is 9.47 Å². The molecular formula is C25H25N3O2. The van der Waals surface area contributed by atoms with E-state index in [1.807, 2.05) is 30.6 Å². The summed E-state index contributed by atoms with van der Waals surface area (Å²) in [6.45, 7) is 0. The van der Waals surface area contributed by atoms with Gasteiger partial charge >= 0.3 is 0 Å². The lowest BCUT2D eigenvalue weighted by Gasteiger charge is -2.42. The summed E-state index contributed by atoms with van der Waals surface area (Å²) < 4.78 is 12.1. The van der Waals surface area contributed by atoms with Crippen LogP contribution in [0.15, 0.2) is 60.9 Å². The number of rotatable bonds is 3. The SMILES string of the molecule is COc1cccc2c1Oc1cc(-c3ccncc3)ccc1N2[C@H]1C[C@H]2CC[C@@H](C1)N2. The highest BCUT2D eigenvalue weighted by Gasteiger charge is 2.40. The third-order valence-corrected chi connectivity index (χ3v) is 6.70. The van der Waals surface area contributed by atoms with E-state index in [1.54, 1.807) is 7.11 Å². The summed E-state index contributed by atoms with van der Waals surface area (Å²) in [5.41, 5.74) is 4.50. The largest absolute Gasteiger partial charge is 0.493 e. The van der Waals surface area contributed by atoms with Crippen molar-refractivity contribution >= 4 is 11.4 Å². The molecule has 2 fully saturated rings. The van der Waals surface area contributed by atoms with E-state index in [0.29, 0.717) is 18.1 Å². The van der Waals surface area contributed by atoms with Crippen molar-refractivity contribution in [1.29, 1.82) is 0 Å². The number of fused-ring (bicyclic) bond motifs is 4. The van der Waals surface area contributed by atoms with Crippen LogP contribution in [0.25, 0.3) is 11.1 Å². The third-order valence-electron chi connectivity index (χ3n) is 6.70. The number of ether oxygens (including phenoxy) is 2. The molecule has 0 aliphatic carbocycles. The van der Waals surface area contributed by atoms with Crippen molar-refractivity contribution in [3.8, 4) is 28.4 Å². The Morgan fingerprint density at radius 2 is 1.77 bits per heavy atom. The number of nitrogens with one attached hydrogen (secondary N) is 1. The van der Waals surface area contributed by atoms with Gasteiger partial charge in [-0.05, 0) is 73.2 Å². The first-order valence-corrected chi connectivity index (χ1v) is 10.7. The molecule has 2 bridgehead atoms. The molecule has 0 spiro atoms. The molecule has 152 valence electrons. The Labute approximate surface area is 176 Å². The van der Waals surface area contributed by atoms with Crippen molar-refractivity contribution in [3.05, 3.63) is 60.9 Å². The van der Waals surface area contributed by atoms with Crippen LogP contribution >= 0.6 is 0 Å². The Morgan fingerprint density at radius 1 is 0.967 bits per heavy atom. The summed E-state index contributed by atoms with van der Waals surface area (Å²) in [5.74, 6) is 2.46. The number of nitrogens with zero attached hydrogens (tertiary/aromatic N) is 2. The number of methoxy groups -OCH3 is 1. The van der Waals surface area contributed by atoms with E-state index < -0.39 is 0 Å². The molecule has 30 heavy (non-hydrogen) atoms. The quantitative estimate of drug-likeness (QED) is 0.649. The Hall–Kier alpha value is -3.05. The van der Waals surface area contributed by atoms with E-state index in [9.17, 15) is 0 Å². The highest BCUT2D eigenvalue weighted by Crippen LogP contribution is 2.53. The molecule has 0 unspecified atom stereocenters. The molecule has 3 aromatic rings. The zero-order chi connectivity index (χ0) is 20.1. The molecule has 0 radical (unpaired) electrons. The smallest absolute Gasteiger partial charge is 0.192 e. The summed E-state index contributed by atoms with van der Waals surface area (Å²) in [6.07, 6.45) is 8.52. The highest BCUT2D eigenvalue weighted by atomic mass is 16.5. The summed E-state index contributed by atoms with van der Waals surface area (Å²) in [5, 5.41) is 3.77. The van der Waals surface area contributed by atoms with Gasteiger partial charge in [0.2, 0.25) is 0 Å². The van der Waals surface area contributed by atoms with Gasteiger partial charge in [0.25, 0.3) is 0 Å². The summed E-state index contributed by atoms with van der Waals surface area (Å²) in [7, 11) is 1.71. The van der Waals surface area contributed by atoms with Crippen LogP contribution in [0.1, 0.15) is 25.7 Å². The first kappa shape index (κ1) is 17.8. The van der Waals surface area contributed by atoms with Gasteiger partial charge in [-0.3, -0.25) is 4.98 Å². The minimum atomic E-state index is 0.448. The zero-order valence-corrected chi connectivity index (χ0v) is 17.0. The highest BCUT2D eigenvalue weighted by molar-refractivity contribution is 5.83. The molecule has 1 aromatic heterocycles. The normalized spacial score (nSPS) is 24.0. The van der Waals surface area contributed by atoms with Crippen molar-refractivity contribution in [2.24, 2.45) is 0 Å². The number of anilines is 2. The van der Waals surface area contributed by atoms with E-state index in [2.05, 4.69) is 45.5 Å². The third kappa shape index (κ3) is 2.84. The summed E-state index contributed by atoms with van der Waals surface area (Å²) in [4.78, 5) is 6.64. The molecule has 6 rings (SSSR count). The van der Waals surface area contributed by atoms with Crippen LogP contribution in [0, 0.1) is 0 Å². The van der Waals surface area contributed by atoms with Crippen LogP contribution in [-0.2, 0) is 0 Å². The first-order chi connectivity index (χ1) is 14.8. The predicted molar refractivity (Wildman–Crippen MR) is 118 cm³/mol. The minimum Gasteiger partial charge on any atom is -0.493 e. The Kier molecular flexibility index (Phi) is 4.16. The first-order valence-electron chi connectivity index (χ1n) is 10.7. The van der Waals surface area contributed by atoms with Crippen LogP contribution in [0.2, 0.25) is 0 Å². The van der Waals surface area contributed by atoms with Crippen LogP contribution in [0.3, 0.4) is 0 Å². The van der Waals surface area contributed by atoms with Gasteiger partial charge in [-0.1, -0.05) is 12.1 Å². The topological polar surface area (TPSA) is 46.6 Å². The lowest BCUT2D eigenvalue weighted by molar-refractivity contribution is 0.347. The molecule has 3 aliphatic rings. The molecule has 3 aliphatic heterocycles. The van der Waals surface area contributed by atoms with E-state index in [-0.39, 0.29) is 0 Å². The molecular weight excluding hydrogens is 374 g/mol. The number of para-hydroxylation sites is 1. The number of hydrogen-bond donors (Lipinski definition) is 1.